The summed E-state index contributed by atoms with van der Waals surface area (Å²) in [5.74, 6) is -0.0387. The van der Waals surface area contributed by atoms with Crippen LogP contribution in [0.4, 0.5) is 0 Å². The van der Waals surface area contributed by atoms with Crippen LogP contribution in [0.15, 0.2) is 30.5 Å². The van der Waals surface area contributed by atoms with Crippen molar-refractivity contribution in [2.24, 2.45) is 5.73 Å². The van der Waals surface area contributed by atoms with Crippen LogP contribution < -0.4 is 11.1 Å². The normalized spacial score (nSPS) is 10.4. The number of nitrogens with zero attached hydrogens (tertiary/aromatic N) is 1. The third-order valence-electron chi connectivity index (χ3n) is 2.67. The summed E-state index contributed by atoms with van der Waals surface area (Å²) in [7, 11) is 1.62. The van der Waals surface area contributed by atoms with Gasteiger partial charge in [-0.1, -0.05) is 24.4 Å². The van der Waals surface area contributed by atoms with Gasteiger partial charge in [-0.25, -0.2) is 0 Å². The van der Waals surface area contributed by atoms with E-state index in [1.165, 1.54) is 0 Å². The van der Waals surface area contributed by atoms with Crippen molar-refractivity contribution in [1.29, 1.82) is 0 Å². The third kappa shape index (κ3) is 2.14. The Morgan fingerprint density at radius 3 is 2.88 bits per heavy atom. The first-order chi connectivity index (χ1) is 8.13. The Bertz CT molecular complexity index is 588. The number of nitrogens with one attached hydrogen (secondary N) is 1. The number of rotatable bonds is 3. The second-order valence-electron chi connectivity index (χ2n) is 3.72. The summed E-state index contributed by atoms with van der Waals surface area (Å²) in [6, 6.07) is 7.64. The number of thiocarbonyl (C=S) groups is 1. The predicted octanol–water partition coefficient (Wildman–Crippen LogP) is 1.02. The summed E-state index contributed by atoms with van der Waals surface area (Å²) in [6.45, 7) is 0.292. The molecule has 1 aromatic heterocycles. The smallest absolute Gasteiger partial charge is 0.239 e. The van der Waals surface area contributed by atoms with Gasteiger partial charge in [0.1, 0.15) is 11.5 Å². The topological polar surface area (TPSA) is 60.0 Å². The lowest BCUT2D eigenvalue weighted by Crippen LogP contribution is -2.23. The molecule has 2 aromatic rings. The van der Waals surface area contributed by atoms with E-state index in [1.54, 1.807) is 7.05 Å². The van der Waals surface area contributed by atoms with Crippen LogP contribution in [0.2, 0.25) is 0 Å². The molecule has 0 saturated heterocycles. The molecule has 1 aromatic carbocycles. The molecule has 1 heterocycles. The van der Waals surface area contributed by atoms with Crippen LogP contribution in [0.3, 0.4) is 0 Å². The molecular formula is C12H13N3OS. The van der Waals surface area contributed by atoms with Crippen molar-refractivity contribution in [3.63, 3.8) is 0 Å². The van der Waals surface area contributed by atoms with Gasteiger partial charge < -0.3 is 15.6 Å². The molecule has 0 bridgehead atoms. The highest BCUT2D eigenvalue weighted by Gasteiger charge is 2.08. The van der Waals surface area contributed by atoms with Crippen molar-refractivity contribution in [3.05, 3.63) is 36.0 Å². The van der Waals surface area contributed by atoms with Crippen LogP contribution in [-0.4, -0.2) is 22.5 Å². The summed E-state index contributed by atoms with van der Waals surface area (Å²) in [5.41, 5.74) is 7.46. The minimum atomic E-state index is -0.0387. The standard InChI is InChI=1S/C12H13N3OS/c1-14-11(16)7-15-6-5-8-9(12(13)17)3-2-4-10(8)15/h2-6H,7H2,1H3,(H2,13,17)(H,14,16). The lowest BCUT2D eigenvalue weighted by atomic mass is 10.1. The molecule has 0 radical (unpaired) electrons. The number of aromatic nitrogens is 1. The van der Waals surface area contributed by atoms with Crippen molar-refractivity contribution in [1.82, 2.24) is 9.88 Å². The first kappa shape index (κ1) is 11.6. The molecule has 17 heavy (non-hydrogen) atoms. The fourth-order valence-electron chi connectivity index (χ4n) is 1.81. The maximum atomic E-state index is 11.4. The van der Waals surface area contributed by atoms with E-state index in [9.17, 15) is 4.79 Å². The molecule has 0 saturated carbocycles. The van der Waals surface area contributed by atoms with Gasteiger partial charge in [0.05, 0.1) is 0 Å². The Kier molecular flexibility index (Phi) is 3.10. The maximum Gasteiger partial charge on any atom is 0.239 e. The first-order valence-electron chi connectivity index (χ1n) is 5.21. The fraction of sp³-hybridized carbons (Fsp3) is 0.167. The minimum absolute atomic E-state index is 0.0387. The number of amides is 1. The molecule has 0 fully saturated rings. The van der Waals surface area contributed by atoms with Gasteiger partial charge in [0.15, 0.2) is 0 Å². The van der Waals surface area contributed by atoms with Gasteiger partial charge in [-0.3, -0.25) is 4.79 Å². The van der Waals surface area contributed by atoms with Crippen LogP contribution in [0.5, 0.6) is 0 Å². The van der Waals surface area contributed by atoms with Gasteiger partial charge >= 0.3 is 0 Å². The first-order valence-corrected chi connectivity index (χ1v) is 5.62. The van der Waals surface area contributed by atoms with E-state index < -0.39 is 0 Å². The molecule has 88 valence electrons. The SMILES string of the molecule is CNC(=O)Cn1ccc2c(C(N)=S)cccc21. The molecular weight excluding hydrogens is 234 g/mol. The van der Waals surface area contributed by atoms with Crippen LogP contribution in [-0.2, 0) is 11.3 Å². The van der Waals surface area contributed by atoms with Gasteiger partial charge in [0, 0.05) is 29.7 Å². The zero-order chi connectivity index (χ0) is 12.4. The van der Waals surface area contributed by atoms with E-state index in [2.05, 4.69) is 5.32 Å². The maximum absolute atomic E-state index is 11.4. The van der Waals surface area contributed by atoms with Crippen molar-refractivity contribution in [2.75, 3.05) is 7.05 Å². The predicted molar refractivity (Wildman–Crippen MR) is 71.9 cm³/mol. The summed E-state index contributed by atoms with van der Waals surface area (Å²) < 4.78 is 1.87. The van der Waals surface area contributed by atoms with Gasteiger partial charge in [-0.05, 0) is 12.1 Å². The summed E-state index contributed by atoms with van der Waals surface area (Å²) in [5, 5.41) is 3.57. The zero-order valence-electron chi connectivity index (χ0n) is 9.43. The lowest BCUT2D eigenvalue weighted by molar-refractivity contribution is -0.121. The van der Waals surface area contributed by atoms with E-state index in [0.717, 1.165) is 16.5 Å². The van der Waals surface area contributed by atoms with Crippen molar-refractivity contribution in [3.8, 4) is 0 Å². The number of nitrogens with two attached hydrogens (primary N) is 1. The van der Waals surface area contributed by atoms with E-state index >= 15 is 0 Å². The Labute approximate surface area is 104 Å². The van der Waals surface area contributed by atoms with Crippen molar-refractivity contribution >= 4 is 34.0 Å². The molecule has 0 unspecified atom stereocenters. The molecule has 0 aliphatic rings. The molecule has 0 spiro atoms. The lowest BCUT2D eigenvalue weighted by Gasteiger charge is -2.05. The zero-order valence-corrected chi connectivity index (χ0v) is 10.3. The molecule has 0 aliphatic heterocycles. The highest BCUT2D eigenvalue weighted by Crippen LogP contribution is 2.20. The third-order valence-corrected chi connectivity index (χ3v) is 2.89. The van der Waals surface area contributed by atoms with Crippen LogP contribution in [0.25, 0.3) is 10.9 Å². The van der Waals surface area contributed by atoms with Crippen LogP contribution in [0.1, 0.15) is 5.56 Å². The van der Waals surface area contributed by atoms with E-state index in [1.807, 2.05) is 35.0 Å². The molecule has 5 heteroatoms. The Hall–Kier alpha value is -1.88. The summed E-state index contributed by atoms with van der Waals surface area (Å²) >= 11 is 5.00. The molecule has 0 aliphatic carbocycles. The second kappa shape index (κ2) is 4.55. The molecule has 2 rings (SSSR count). The number of likely N-dealkylation sites (N-methyl/N-ethyl adjacent to an activating group) is 1. The number of carbonyl (C=O) groups excluding carboxylic acids is 1. The summed E-state index contributed by atoms with van der Waals surface area (Å²) in [4.78, 5) is 11.7. The van der Waals surface area contributed by atoms with E-state index in [0.29, 0.717) is 11.5 Å². The number of hydrogen-bond donors (Lipinski definition) is 2. The Morgan fingerprint density at radius 1 is 1.47 bits per heavy atom. The van der Waals surface area contributed by atoms with Gasteiger partial charge in [-0.2, -0.15) is 0 Å². The van der Waals surface area contributed by atoms with Crippen LogP contribution >= 0.6 is 12.2 Å². The molecule has 3 N–H and O–H groups in total. The van der Waals surface area contributed by atoms with Crippen molar-refractivity contribution < 1.29 is 4.79 Å². The van der Waals surface area contributed by atoms with Gasteiger partial charge in [0.2, 0.25) is 5.91 Å². The quantitative estimate of drug-likeness (QED) is 0.796. The minimum Gasteiger partial charge on any atom is -0.389 e. The van der Waals surface area contributed by atoms with Gasteiger partial charge in [-0.15, -0.1) is 0 Å². The average Bonchev–Trinajstić information content (AvgIpc) is 2.72. The highest BCUT2D eigenvalue weighted by atomic mass is 32.1. The molecule has 0 atom stereocenters. The molecule has 1 amide bonds. The number of carbonyl (C=O) groups is 1. The monoisotopic (exact) mass is 247 g/mol. The summed E-state index contributed by atoms with van der Waals surface area (Å²) in [6.07, 6.45) is 1.86. The van der Waals surface area contributed by atoms with E-state index in [4.69, 9.17) is 18.0 Å². The molecule has 4 nitrogen and oxygen atoms in total. The number of benzene rings is 1. The highest BCUT2D eigenvalue weighted by molar-refractivity contribution is 7.80. The average molecular weight is 247 g/mol. The Morgan fingerprint density at radius 2 is 2.24 bits per heavy atom. The van der Waals surface area contributed by atoms with Crippen LogP contribution in [0, 0.1) is 0 Å². The number of hydrogen-bond acceptors (Lipinski definition) is 2. The van der Waals surface area contributed by atoms with E-state index in [-0.39, 0.29) is 5.91 Å². The fourth-order valence-corrected chi connectivity index (χ4v) is 1.99. The Balaban J connectivity index is 2.51. The largest absolute Gasteiger partial charge is 0.389 e. The second-order valence-corrected chi connectivity index (χ2v) is 4.16. The number of fused-ring (bicyclic) bond motifs is 1. The van der Waals surface area contributed by atoms with Gasteiger partial charge in [0.25, 0.3) is 0 Å². The van der Waals surface area contributed by atoms with Crippen molar-refractivity contribution in [2.45, 2.75) is 6.54 Å².